The molecule has 0 bridgehead atoms. The van der Waals surface area contributed by atoms with Gasteiger partial charge in [0, 0.05) is 12.0 Å². The molecule has 0 aliphatic carbocycles. The average molecular weight is 325 g/mol. The Morgan fingerprint density at radius 1 is 1.37 bits per heavy atom. The molecule has 0 unspecified atom stereocenters. The summed E-state index contributed by atoms with van der Waals surface area (Å²) in [5.74, 6) is -0.175. The predicted octanol–water partition coefficient (Wildman–Crippen LogP) is 3.74. The van der Waals surface area contributed by atoms with Crippen LogP contribution in [0.1, 0.15) is 19.0 Å². The van der Waals surface area contributed by atoms with Gasteiger partial charge >= 0.3 is 0 Å². The Morgan fingerprint density at radius 2 is 2.00 bits per heavy atom. The van der Waals surface area contributed by atoms with E-state index in [1.807, 2.05) is 13.8 Å². The Bertz CT molecular complexity index is 605. The van der Waals surface area contributed by atoms with Gasteiger partial charge in [-0.05, 0) is 47.1 Å². The van der Waals surface area contributed by atoms with Gasteiger partial charge in [-0.3, -0.25) is 9.48 Å². The summed E-state index contributed by atoms with van der Waals surface area (Å²) in [4.78, 5) is 11.6. The molecule has 0 saturated heterocycles. The number of Topliss-reactive ketones (excluding diaryl/α,β-unsaturated/α-hetero) is 1. The van der Waals surface area contributed by atoms with Crippen molar-refractivity contribution in [3.8, 4) is 11.3 Å². The summed E-state index contributed by atoms with van der Waals surface area (Å²) >= 11 is 3.48. The van der Waals surface area contributed by atoms with Crippen LogP contribution in [0, 0.1) is 12.7 Å². The van der Waals surface area contributed by atoms with E-state index in [-0.39, 0.29) is 18.1 Å². The number of nitrogens with zero attached hydrogens (tertiary/aromatic N) is 2. The molecule has 0 N–H and O–H groups in total. The predicted molar refractivity (Wildman–Crippen MR) is 75.4 cm³/mol. The van der Waals surface area contributed by atoms with Crippen molar-refractivity contribution in [3.05, 3.63) is 40.2 Å². The maximum atomic E-state index is 13.0. The fourth-order valence-electron chi connectivity index (χ4n) is 1.84. The zero-order chi connectivity index (χ0) is 14.0. The van der Waals surface area contributed by atoms with Gasteiger partial charge in [0.25, 0.3) is 0 Å². The number of halogens is 2. The highest BCUT2D eigenvalue weighted by Gasteiger charge is 2.16. The number of carbonyl (C=O) groups excluding carboxylic acids is 1. The fourth-order valence-corrected chi connectivity index (χ4v) is 2.35. The Balaban J connectivity index is 2.48. The van der Waals surface area contributed by atoms with E-state index in [1.165, 1.54) is 12.1 Å². The van der Waals surface area contributed by atoms with Crippen LogP contribution in [0.25, 0.3) is 11.3 Å². The minimum absolute atomic E-state index is 0.110. The van der Waals surface area contributed by atoms with Crippen molar-refractivity contribution in [2.24, 2.45) is 0 Å². The van der Waals surface area contributed by atoms with Crippen molar-refractivity contribution >= 4 is 21.7 Å². The first-order valence-corrected chi connectivity index (χ1v) is 6.82. The van der Waals surface area contributed by atoms with Crippen molar-refractivity contribution < 1.29 is 9.18 Å². The molecule has 0 aliphatic heterocycles. The SMILES string of the molecule is CCC(=O)Cn1nc(C)c(Br)c1-c1ccc(F)cc1. The van der Waals surface area contributed by atoms with Gasteiger partial charge in [0.2, 0.25) is 0 Å². The van der Waals surface area contributed by atoms with E-state index in [1.54, 1.807) is 16.8 Å². The lowest BCUT2D eigenvalue weighted by atomic mass is 10.1. The van der Waals surface area contributed by atoms with E-state index < -0.39 is 0 Å². The summed E-state index contributed by atoms with van der Waals surface area (Å²) in [7, 11) is 0. The number of ketones is 1. The molecule has 2 rings (SSSR count). The number of carbonyl (C=O) groups is 1. The molecule has 0 amide bonds. The van der Waals surface area contributed by atoms with Crippen LogP contribution in [-0.4, -0.2) is 15.6 Å². The minimum Gasteiger partial charge on any atom is -0.298 e. The van der Waals surface area contributed by atoms with Gasteiger partial charge in [-0.25, -0.2) is 4.39 Å². The van der Waals surface area contributed by atoms with Gasteiger partial charge in [0.1, 0.15) is 12.4 Å². The summed E-state index contributed by atoms with van der Waals surface area (Å²) in [5, 5.41) is 4.35. The Kier molecular flexibility index (Phi) is 4.14. The molecule has 1 aromatic heterocycles. The van der Waals surface area contributed by atoms with E-state index in [0.29, 0.717) is 6.42 Å². The standard InChI is InChI=1S/C14H14BrFN2O/c1-3-12(19)8-18-14(13(15)9(2)17-18)10-4-6-11(16)7-5-10/h4-7H,3,8H2,1-2H3. The van der Waals surface area contributed by atoms with Gasteiger partial charge in [0.15, 0.2) is 5.78 Å². The van der Waals surface area contributed by atoms with Crippen LogP contribution in [0.4, 0.5) is 4.39 Å². The molecule has 0 radical (unpaired) electrons. The molecule has 2 aromatic rings. The largest absolute Gasteiger partial charge is 0.298 e. The number of aromatic nitrogens is 2. The average Bonchev–Trinajstić information content (AvgIpc) is 2.66. The zero-order valence-electron chi connectivity index (χ0n) is 10.8. The monoisotopic (exact) mass is 324 g/mol. The minimum atomic E-state index is -0.285. The second-order valence-corrected chi connectivity index (χ2v) is 5.10. The second kappa shape index (κ2) is 5.65. The maximum Gasteiger partial charge on any atom is 0.154 e. The van der Waals surface area contributed by atoms with Crippen molar-refractivity contribution in [1.82, 2.24) is 9.78 Å². The summed E-state index contributed by atoms with van der Waals surface area (Å²) in [6.07, 6.45) is 0.472. The lowest BCUT2D eigenvalue weighted by Gasteiger charge is -2.07. The zero-order valence-corrected chi connectivity index (χ0v) is 12.4. The molecule has 19 heavy (non-hydrogen) atoms. The van der Waals surface area contributed by atoms with Gasteiger partial charge in [-0.1, -0.05) is 6.92 Å². The highest BCUT2D eigenvalue weighted by Crippen LogP contribution is 2.31. The van der Waals surface area contributed by atoms with Crippen LogP contribution in [0.5, 0.6) is 0 Å². The number of benzene rings is 1. The van der Waals surface area contributed by atoms with Gasteiger partial charge in [0.05, 0.1) is 15.9 Å². The smallest absolute Gasteiger partial charge is 0.154 e. The number of hydrogen-bond acceptors (Lipinski definition) is 2. The highest BCUT2D eigenvalue weighted by molar-refractivity contribution is 9.10. The first-order valence-electron chi connectivity index (χ1n) is 6.03. The summed E-state index contributed by atoms with van der Waals surface area (Å²) < 4.78 is 15.5. The molecule has 0 atom stereocenters. The molecule has 0 saturated carbocycles. The molecule has 100 valence electrons. The Hall–Kier alpha value is -1.49. The lowest BCUT2D eigenvalue weighted by molar-refractivity contribution is -0.119. The van der Waals surface area contributed by atoms with Crippen molar-refractivity contribution in [1.29, 1.82) is 0 Å². The van der Waals surface area contributed by atoms with Crippen LogP contribution in [0.15, 0.2) is 28.7 Å². The molecule has 0 aliphatic rings. The molecule has 5 heteroatoms. The van der Waals surface area contributed by atoms with Crippen LogP contribution in [0.3, 0.4) is 0 Å². The number of rotatable bonds is 4. The van der Waals surface area contributed by atoms with E-state index in [0.717, 1.165) is 21.4 Å². The summed E-state index contributed by atoms with van der Waals surface area (Å²) in [6.45, 7) is 3.92. The first kappa shape index (κ1) is 13.9. The Morgan fingerprint density at radius 3 is 2.58 bits per heavy atom. The van der Waals surface area contributed by atoms with E-state index in [2.05, 4.69) is 21.0 Å². The molecular weight excluding hydrogens is 311 g/mol. The fraction of sp³-hybridized carbons (Fsp3) is 0.286. The Labute approximate surface area is 119 Å². The van der Waals surface area contributed by atoms with E-state index >= 15 is 0 Å². The normalized spacial score (nSPS) is 10.7. The van der Waals surface area contributed by atoms with Gasteiger partial charge in [-0.2, -0.15) is 5.10 Å². The van der Waals surface area contributed by atoms with E-state index in [4.69, 9.17) is 0 Å². The lowest BCUT2D eigenvalue weighted by Crippen LogP contribution is -2.11. The van der Waals surface area contributed by atoms with Crippen molar-refractivity contribution in [2.75, 3.05) is 0 Å². The second-order valence-electron chi connectivity index (χ2n) is 4.30. The first-order chi connectivity index (χ1) is 9.02. The summed E-state index contributed by atoms with van der Waals surface area (Å²) in [6, 6.07) is 6.17. The number of aryl methyl sites for hydroxylation is 1. The summed E-state index contributed by atoms with van der Waals surface area (Å²) in [5.41, 5.74) is 2.44. The quantitative estimate of drug-likeness (QED) is 0.858. The molecule has 1 aromatic carbocycles. The van der Waals surface area contributed by atoms with Gasteiger partial charge in [-0.15, -0.1) is 0 Å². The van der Waals surface area contributed by atoms with Crippen molar-refractivity contribution in [3.63, 3.8) is 0 Å². The molecule has 0 fully saturated rings. The van der Waals surface area contributed by atoms with Gasteiger partial charge < -0.3 is 0 Å². The third-order valence-electron chi connectivity index (χ3n) is 2.89. The van der Waals surface area contributed by atoms with Crippen molar-refractivity contribution in [2.45, 2.75) is 26.8 Å². The third-order valence-corrected chi connectivity index (χ3v) is 3.84. The van der Waals surface area contributed by atoms with Crippen LogP contribution >= 0.6 is 15.9 Å². The highest BCUT2D eigenvalue weighted by atomic mass is 79.9. The topological polar surface area (TPSA) is 34.9 Å². The molecule has 0 spiro atoms. The molecule has 3 nitrogen and oxygen atoms in total. The third kappa shape index (κ3) is 2.92. The van der Waals surface area contributed by atoms with Crippen LogP contribution in [0.2, 0.25) is 0 Å². The van der Waals surface area contributed by atoms with E-state index in [9.17, 15) is 9.18 Å². The van der Waals surface area contributed by atoms with Crippen LogP contribution < -0.4 is 0 Å². The maximum absolute atomic E-state index is 13.0. The molecular formula is C14H14BrFN2O. The number of hydrogen-bond donors (Lipinski definition) is 0. The van der Waals surface area contributed by atoms with Crippen LogP contribution in [-0.2, 0) is 11.3 Å². The molecule has 1 heterocycles.